The number of aryl methyl sites for hydroxylation is 1. The second-order valence-electron chi connectivity index (χ2n) is 6.42. The Balaban J connectivity index is 1.57. The van der Waals surface area contributed by atoms with Gasteiger partial charge in [0.25, 0.3) is 0 Å². The second-order valence-corrected chi connectivity index (χ2v) is 8.98. The van der Waals surface area contributed by atoms with Gasteiger partial charge in [0.05, 0.1) is 22.1 Å². The number of rotatable bonds is 8. The molecule has 3 aromatic rings. The third kappa shape index (κ3) is 5.02. The minimum absolute atomic E-state index is 0.0174. The third-order valence-electron chi connectivity index (χ3n) is 4.09. The van der Waals surface area contributed by atoms with Gasteiger partial charge in [-0.1, -0.05) is 16.8 Å². The van der Waals surface area contributed by atoms with Crippen molar-refractivity contribution in [3.8, 4) is 11.4 Å². The first-order chi connectivity index (χ1) is 14.3. The van der Waals surface area contributed by atoms with Gasteiger partial charge in [0.2, 0.25) is 21.7 Å². The Bertz CT molecular complexity index is 1130. The summed E-state index contributed by atoms with van der Waals surface area (Å²) in [6, 6.07) is 7.49. The van der Waals surface area contributed by atoms with E-state index >= 15 is 0 Å². The normalized spacial score (nSPS) is 11.6. The van der Waals surface area contributed by atoms with E-state index < -0.39 is 16.0 Å². The number of carbonyl (C=O) groups is 1. The van der Waals surface area contributed by atoms with Crippen LogP contribution in [0.25, 0.3) is 11.4 Å². The van der Waals surface area contributed by atoms with E-state index in [2.05, 4.69) is 15.1 Å². The lowest BCUT2D eigenvalue weighted by Crippen LogP contribution is -2.22. The van der Waals surface area contributed by atoms with Crippen LogP contribution < -0.4 is 0 Å². The molecule has 0 bridgehead atoms. The molecule has 1 aromatic carbocycles. The molecule has 0 radical (unpaired) electrons. The molecule has 0 aliphatic heterocycles. The van der Waals surface area contributed by atoms with Gasteiger partial charge in [0.15, 0.2) is 0 Å². The van der Waals surface area contributed by atoms with Gasteiger partial charge >= 0.3 is 5.97 Å². The molecule has 30 heavy (non-hydrogen) atoms. The SMILES string of the molecule is CN(C)S(=O)(=O)c1ccc(Cl)c(C(=O)OCCCc2nc(-c3cccnc3)no2)c1. The van der Waals surface area contributed by atoms with E-state index in [1.807, 2.05) is 6.07 Å². The molecular weight excluding hydrogens is 432 g/mol. The number of hydrogen-bond acceptors (Lipinski definition) is 8. The van der Waals surface area contributed by atoms with E-state index in [-0.39, 0.29) is 22.1 Å². The van der Waals surface area contributed by atoms with Gasteiger partial charge in [0, 0.05) is 38.5 Å². The van der Waals surface area contributed by atoms with E-state index in [9.17, 15) is 13.2 Å². The number of carbonyl (C=O) groups excluding carboxylic acids is 1. The van der Waals surface area contributed by atoms with Gasteiger partial charge in [-0.3, -0.25) is 4.98 Å². The summed E-state index contributed by atoms with van der Waals surface area (Å²) in [5.41, 5.74) is 0.720. The number of halogens is 1. The minimum atomic E-state index is -3.70. The summed E-state index contributed by atoms with van der Waals surface area (Å²) >= 11 is 6.04. The lowest BCUT2D eigenvalue weighted by atomic mass is 10.2. The predicted octanol–water partition coefficient (Wildman–Crippen LogP) is 2.82. The standard InChI is InChI=1S/C19H19ClN4O5S/c1-24(2)30(26,27)14-7-8-16(20)15(11-14)19(25)28-10-4-6-17-22-18(23-29-17)13-5-3-9-21-12-13/h3,5,7-9,11-12H,4,6,10H2,1-2H3. The Morgan fingerprint density at radius 1 is 1.27 bits per heavy atom. The lowest BCUT2D eigenvalue weighted by molar-refractivity contribution is 0.0498. The van der Waals surface area contributed by atoms with Gasteiger partial charge in [-0.25, -0.2) is 17.5 Å². The van der Waals surface area contributed by atoms with E-state index in [1.165, 1.54) is 32.3 Å². The summed E-state index contributed by atoms with van der Waals surface area (Å²) in [6.07, 6.45) is 4.12. The zero-order valence-electron chi connectivity index (χ0n) is 16.3. The van der Waals surface area contributed by atoms with Crippen molar-refractivity contribution in [3.63, 3.8) is 0 Å². The molecule has 0 spiro atoms. The number of esters is 1. The Morgan fingerprint density at radius 2 is 2.07 bits per heavy atom. The first-order valence-electron chi connectivity index (χ1n) is 8.91. The molecule has 3 rings (SSSR count). The number of sulfonamides is 1. The molecular formula is C19H19ClN4O5S. The van der Waals surface area contributed by atoms with Crippen LogP contribution in [0, 0.1) is 0 Å². The molecule has 158 valence electrons. The molecule has 0 fully saturated rings. The molecule has 2 aromatic heterocycles. The number of pyridine rings is 1. The zero-order chi connectivity index (χ0) is 21.7. The van der Waals surface area contributed by atoms with Gasteiger partial charge in [-0.2, -0.15) is 4.98 Å². The Hall–Kier alpha value is -2.82. The molecule has 0 saturated carbocycles. The Labute approximate surface area is 178 Å². The maximum Gasteiger partial charge on any atom is 0.339 e. The van der Waals surface area contributed by atoms with Crippen molar-refractivity contribution >= 4 is 27.6 Å². The van der Waals surface area contributed by atoms with Crippen molar-refractivity contribution in [1.29, 1.82) is 0 Å². The van der Waals surface area contributed by atoms with Crippen LogP contribution in [0.15, 0.2) is 52.1 Å². The first-order valence-corrected chi connectivity index (χ1v) is 10.7. The first kappa shape index (κ1) is 21.9. The summed E-state index contributed by atoms with van der Waals surface area (Å²) in [6.45, 7) is 0.0738. The minimum Gasteiger partial charge on any atom is -0.462 e. The van der Waals surface area contributed by atoms with Crippen molar-refractivity contribution in [3.05, 3.63) is 59.2 Å². The van der Waals surface area contributed by atoms with Crippen LogP contribution in [0.4, 0.5) is 0 Å². The third-order valence-corrected chi connectivity index (χ3v) is 6.23. The largest absolute Gasteiger partial charge is 0.462 e. The van der Waals surface area contributed by atoms with Gasteiger partial charge in [-0.05, 0) is 36.8 Å². The smallest absolute Gasteiger partial charge is 0.339 e. The maximum atomic E-state index is 12.3. The monoisotopic (exact) mass is 450 g/mol. The molecule has 2 heterocycles. The van der Waals surface area contributed by atoms with Crippen LogP contribution in [0.1, 0.15) is 22.7 Å². The molecule has 9 nitrogen and oxygen atoms in total. The number of hydrogen-bond donors (Lipinski definition) is 0. The lowest BCUT2D eigenvalue weighted by Gasteiger charge is -2.13. The quantitative estimate of drug-likeness (QED) is 0.380. The van der Waals surface area contributed by atoms with Crippen LogP contribution in [0.5, 0.6) is 0 Å². The Morgan fingerprint density at radius 3 is 2.77 bits per heavy atom. The van der Waals surface area contributed by atoms with E-state index in [4.69, 9.17) is 20.9 Å². The van der Waals surface area contributed by atoms with Crippen molar-refractivity contribution in [2.24, 2.45) is 0 Å². The summed E-state index contributed by atoms with van der Waals surface area (Å²) in [7, 11) is -0.893. The highest BCUT2D eigenvalue weighted by molar-refractivity contribution is 7.89. The summed E-state index contributed by atoms with van der Waals surface area (Å²) < 4.78 is 35.9. The van der Waals surface area contributed by atoms with Gasteiger partial charge in [-0.15, -0.1) is 0 Å². The number of aromatic nitrogens is 3. The molecule has 11 heteroatoms. The van der Waals surface area contributed by atoms with Crippen molar-refractivity contribution < 1.29 is 22.5 Å². The van der Waals surface area contributed by atoms with Crippen molar-refractivity contribution in [1.82, 2.24) is 19.4 Å². The molecule has 0 aliphatic rings. The molecule has 0 atom stereocenters. The van der Waals surface area contributed by atoms with Crippen LogP contribution in [-0.2, 0) is 21.2 Å². The van der Waals surface area contributed by atoms with Crippen LogP contribution in [-0.4, -0.2) is 54.5 Å². The highest BCUT2D eigenvalue weighted by Gasteiger charge is 2.21. The fourth-order valence-electron chi connectivity index (χ4n) is 2.47. The average molecular weight is 451 g/mol. The summed E-state index contributed by atoms with van der Waals surface area (Å²) in [4.78, 5) is 20.6. The number of benzene rings is 1. The Kier molecular flexibility index (Phi) is 6.80. The van der Waals surface area contributed by atoms with E-state index in [0.717, 1.165) is 9.87 Å². The van der Waals surface area contributed by atoms with E-state index in [0.29, 0.717) is 24.6 Å². The summed E-state index contributed by atoms with van der Waals surface area (Å²) in [5.74, 6) is 0.125. The molecule has 0 N–H and O–H groups in total. The average Bonchev–Trinajstić information content (AvgIpc) is 3.20. The second kappa shape index (κ2) is 9.33. The molecule has 0 amide bonds. The maximum absolute atomic E-state index is 12.3. The fourth-order valence-corrected chi connectivity index (χ4v) is 3.59. The molecule has 0 aliphatic carbocycles. The van der Waals surface area contributed by atoms with Crippen molar-refractivity contribution in [2.75, 3.05) is 20.7 Å². The highest BCUT2D eigenvalue weighted by Crippen LogP contribution is 2.23. The van der Waals surface area contributed by atoms with Gasteiger partial charge in [0.1, 0.15) is 0 Å². The highest BCUT2D eigenvalue weighted by atomic mass is 35.5. The fraction of sp³-hybridized carbons (Fsp3) is 0.263. The van der Waals surface area contributed by atoms with E-state index in [1.54, 1.807) is 18.5 Å². The number of ether oxygens (including phenoxy) is 1. The predicted molar refractivity (Wildman–Crippen MR) is 108 cm³/mol. The number of nitrogens with zero attached hydrogens (tertiary/aromatic N) is 4. The van der Waals surface area contributed by atoms with Crippen LogP contribution in [0.3, 0.4) is 0 Å². The zero-order valence-corrected chi connectivity index (χ0v) is 17.9. The molecule has 0 unspecified atom stereocenters. The van der Waals surface area contributed by atoms with Crippen molar-refractivity contribution in [2.45, 2.75) is 17.7 Å². The topological polar surface area (TPSA) is 115 Å². The summed E-state index contributed by atoms with van der Waals surface area (Å²) in [5, 5.41) is 4.00. The van der Waals surface area contributed by atoms with Gasteiger partial charge < -0.3 is 9.26 Å². The van der Waals surface area contributed by atoms with Crippen LogP contribution in [0.2, 0.25) is 5.02 Å². The molecule has 0 saturated heterocycles. The van der Waals surface area contributed by atoms with Crippen LogP contribution >= 0.6 is 11.6 Å².